The number of nitrogens with zero attached hydrogens (tertiary/aromatic N) is 5. The Labute approximate surface area is 299 Å². The van der Waals surface area contributed by atoms with Crippen molar-refractivity contribution in [1.29, 1.82) is 0 Å². The molecule has 0 aliphatic heterocycles. The molecule has 1 aliphatic rings. The van der Waals surface area contributed by atoms with Crippen molar-refractivity contribution in [2.24, 2.45) is 7.05 Å². The van der Waals surface area contributed by atoms with Crippen LogP contribution < -0.4 is 24.5 Å². The Balaban J connectivity index is 0.00000461. The Morgan fingerprint density at radius 3 is 2.09 bits per heavy atom. The molecule has 1 aliphatic carbocycles. The van der Waals surface area contributed by atoms with Gasteiger partial charge in [-0.15, -0.1) is 0 Å². The van der Waals surface area contributed by atoms with Crippen LogP contribution in [0.2, 0.25) is 0 Å². The second kappa shape index (κ2) is 15.0. The molecule has 6 nitrogen and oxygen atoms in total. The van der Waals surface area contributed by atoms with Gasteiger partial charge in [0.1, 0.15) is 28.9 Å². The van der Waals surface area contributed by atoms with E-state index in [9.17, 15) is 0 Å². The number of thiazole rings is 1. The van der Waals surface area contributed by atoms with Gasteiger partial charge in [0.05, 0.1) is 82.0 Å². The molecule has 235 valence electrons. The monoisotopic (exact) mass is 702 g/mol. The van der Waals surface area contributed by atoms with E-state index < -0.39 is 0 Å². The van der Waals surface area contributed by atoms with E-state index in [-0.39, 0.29) is 32.7 Å². The van der Waals surface area contributed by atoms with Gasteiger partial charge in [-0.1, -0.05) is 41.7 Å². The van der Waals surface area contributed by atoms with Gasteiger partial charge in [0, 0.05) is 74.2 Å². The van der Waals surface area contributed by atoms with Gasteiger partial charge >= 0.3 is 0 Å². The molecule has 0 saturated heterocycles. The molecule has 1 radical (unpaired) electrons. The summed E-state index contributed by atoms with van der Waals surface area (Å²) in [6.45, 7) is 4.27. The molecule has 2 heterocycles. The molecule has 0 unspecified atom stereocenters. The number of hydrogen-bond donors (Lipinski definition) is 0. The minimum atomic E-state index is 0. The van der Waals surface area contributed by atoms with Crippen molar-refractivity contribution in [3.8, 4) is 5.69 Å². The fraction of sp³-hybridized carbons (Fsp3) is 0.405. The Morgan fingerprint density at radius 1 is 0.867 bits per heavy atom. The molecular formula is C37H51N5OSY+4. The minimum absolute atomic E-state index is 0. The number of aromatic nitrogens is 2. The average Bonchev–Trinajstić information content (AvgIpc) is 3.29. The summed E-state index contributed by atoms with van der Waals surface area (Å²) >= 11 is 1.85. The predicted molar refractivity (Wildman–Crippen MR) is 184 cm³/mol. The minimum Gasteiger partial charge on any atom is -0.501 e. The Bertz CT molecular complexity index is 1750. The Hall–Kier alpha value is -2.42. The number of ether oxygens (including phenoxy) is 1. The zero-order chi connectivity index (χ0) is 31.5. The van der Waals surface area contributed by atoms with Crippen LogP contribution in [0.15, 0.2) is 72.5 Å². The smallest absolute Gasteiger partial charge is 0.282 e. The van der Waals surface area contributed by atoms with Crippen LogP contribution in [-0.4, -0.2) is 84.5 Å². The van der Waals surface area contributed by atoms with Crippen molar-refractivity contribution < 1.29 is 55.5 Å². The van der Waals surface area contributed by atoms with E-state index in [2.05, 4.69) is 142 Å². The molecule has 0 saturated carbocycles. The zero-order valence-electron chi connectivity index (χ0n) is 28.6. The largest absolute Gasteiger partial charge is 0.501 e. The summed E-state index contributed by atoms with van der Waals surface area (Å²) in [4.78, 5) is 2.64. The van der Waals surface area contributed by atoms with Crippen LogP contribution in [0.4, 0.5) is 5.82 Å². The molecular weight excluding hydrogens is 651 g/mol. The number of quaternary nitrogens is 2. The molecule has 8 heteroatoms. The SMILES string of the molecule is COC1=CC=c2c([n+](-c3ccccc3)c(N(CCC[N+](C)(C)C)CCC[N+](C)(C)C)cc2=Cc2sc3ccccc3[n+]2C)C1.[Y]. The van der Waals surface area contributed by atoms with Gasteiger partial charge < -0.3 is 13.7 Å². The van der Waals surface area contributed by atoms with Crippen LogP contribution in [0.5, 0.6) is 0 Å². The molecule has 0 atom stereocenters. The molecule has 0 bridgehead atoms. The average molecular weight is 703 g/mol. The zero-order valence-corrected chi connectivity index (χ0v) is 32.2. The third-order valence-corrected chi connectivity index (χ3v) is 9.51. The molecule has 45 heavy (non-hydrogen) atoms. The van der Waals surface area contributed by atoms with Crippen LogP contribution in [0, 0.1) is 0 Å². The molecule has 0 amide bonds. The predicted octanol–water partition coefficient (Wildman–Crippen LogP) is 3.69. The Kier molecular flexibility index (Phi) is 11.8. The van der Waals surface area contributed by atoms with Crippen LogP contribution in [-0.2, 0) is 50.9 Å². The summed E-state index contributed by atoms with van der Waals surface area (Å²) in [5.74, 6) is 2.23. The topological polar surface area (TPSA) is 20.2 Å². The van der Waals surface area contributed by atoms with Crippen LogP contribution in [0.1, 0.15) is 23.5 Å². The normalized spacial score (nSPS) is 13.6. The van der Waals surface area contributed by atoms with Gasteiger partial charge in [-0.2, -0.15) is 9.13 Å². The summed E-state index contributed by atoms with van der Waals surface area (Å²) < 4.78 is 13.9. The van der Waals surface area contributed by atoms with Crippen molar-refractivity contribution in [2.75, 3.05) is 80.5 Å². The number of methoxy groups -OCH3 is 1. The molecule has 2 aromatic carbocycles. The van der Waals surface area contributed by atoms with E-state index in [1.807, 2.05) is 11.3 Å². The maximum absolute atomic E-state index is 5.85. The quantitative estimate of drug-likeness (QED) is 0.166. The maximum atomic E-state index is 5.85. The van der Waals surface area contributed by atoms with E-state index in [4.69, 9.17) is 4.74 Å². The summed E-state index contributed by atoms with van der Waals surface area (Å²) in [6.07, 6.45) is 9.77. The molecule has 0 N–H and O–H groups in total. The van der Waals surface area contributed by atoms with Gasteiger partial charge in [-0.25, -0.2) is 0 Å². The maximum Gasteiger partial charge on any atom is 0.282 e. The Morgan fingerprint density at radius 2 is 1.49 bits per heavy atom. The van der Waals surface area contributed by atoms with Gasteiger partial charge in [0.2, 0.25) is 5.52 Å². The fourth-order valence-corrected chi connectivity index (χ4v) is 7.13. The number of anilines is 1. The van der Waals surface area contributed by atoms with E-state index >= 15 is 0 Å². The summed E-state index contributed by atoms with van der Waals surface area (Å²) in [6, 6.07) is 22.0. The number of benzene rings is 2. The first-order valence-corrected chi connectivity index (χ1v) is 16.6. The second-order valence-electron chi connectivity index (χ2n) is 14.0. The first-order chi connectivity index (χ1) is 20.9. The third kappa shape index (κ3) is 8.90. The van der Waals surface area contributed by atoms with Gasteiger partial charge in [0.25, 0.3) is 10.8 Å². The van der Waals surface area contributed by atoms with E-state index in [0.29, 0.717) is 0 Å². The molecule has 5 rings (SSSR count). The summed E-state index contributed by atoms with van der Waals surface area (Å²) in [5, 5.41) is 3.75. The first kappa shape index (κ1) is 35.4. The number of allylic oxidation sites excluding steroid dienone is 2. The van der Waals surface area contributed by atoms with Crippen molar-refractivity contribution in [3.05, 3.63) is 93.6 Å². The van der Waals surface area contributed by atoms with Crippen LogP contribution >= 0.6 is 11.3 Å². The van der Waals surface area contributed by atoms with Crippen molar-refractivity contribution in [3.63, 3.8) is 0 Å². The van der Waals surface area contributed by atoms with Crippen molar-refractivity contribution in [1.82, 2.24) is 0 Å². The van der Waals surface area contributed by atoms with Crippen molar-refractivity contribution in [2.45, 2.75) is 19.3 Å². The van der Waals surface area contributed by atoms with Gasteiger partial charge in [0.15, 0.2) is 0 Å². The van der Waals surface area contributed by atoms with E-state index in [1.54, 1.807) is 7.11 Å². The number of aryl methyl sites for hydroxylation is 1. The standard InChI is InChI=1S/C37H51N5OS.Y/c1-38-33-18-12-13-19-35(33)44-37(38)27-29-26-36(39(22-14-24-41(2,3)4)23-15-25-42(5,6)7)40(30-16-10-9-11-17-30)34-28-31(43-8)20-21-32(29)34;/h9-13,16-21,26-27H,14-15,22-25,28H2,1-8H3;/q+4;. The number of hydrogen-bond acceptors (Lipinski definition) is 3. The van der Waals surface area contributed by atoms with Gasteiger partial charge in [-0.05, 0) is 30.4 Å². The van der Waals surface area contributed by atoms with Crippen molar-refractivity contribution >= 4 is 39.5 Å². The second-order valence-corrected chi connectivity index (χ2v) is 15.1. The van der Waals surface area contributed by atoms with E-state index in [0.717, 1.165) is 60.2 Å². The molecule has 4 aromatic rings. The van der Waals surface area contributed by atoms with Crippen LogP contribution in [0.3, 0.4) is 0 Å². The van der Waals surface area contributed by atoms with E-state index in [1.165, 1.54) is 42.9 Å². The molecule has 0 fully saturated rings. The number of fused-ring (bicyclic) bond motifs is 2. The molecule has 2 aromatic heterocycles. The molecule has 0 spiro atoms. The fourth-order valence-electron chi connectivity index (χ4n) is 6.02. The summed E-state index contributed by atoms with van der Waals surface area (Å²) in [7, 11) is 17.7. The number of rotatable bonds is 12. The van der Waals surface area contributed by atoms with Crippen LogP contribution in [0.25, 0.3) is 28.1 Å². The third-order valence-electron chi connectivity index (χ3n) is 8.35. The number of pyridine rings is 1. The summed E-state index contributed by atoms with van der Waals surface area (Å²) in [5.41, 5.74) is 3.72. The first-order valence-electron chi connectivity index (χ1n) is 15.8. The number of para-hydroxylation sites is 2. The van der Waals surface area contributed by atoms with Gasteiger partial charge in [-0.3, -0.25) is 4.90 Å².